The summed E-state index contributed by atoms with van der Waals surface area (Å²) < 4.78 is 5.37. The Hall–Kier alpha value is -1.33. The zero-order valence-corrected chi connectivity index (χ0v) is 11.9. The first-order valence-electron chi connectivity index (χ1n) is 6.79. The summed E-state index contributed by atoms with van der Waals surface area (Å²) in [6, 6.07) is 3.88. The topological polar surface area (TPSA) is 48.7 Å². The maximum atomic E-state index is 12.6. The van der Waals surface area contributed by atoms with Gasteiger partial charge in [-0.2, -0.15) is 0 Å². The van der Waals surface area contributed by atoms with E-state index < -0.39 is 0 Å². The number of carbonyl (C=O) groups is 1. The van der Waals surface area contributed by atoms with Crippen LogP contribution in [-0.4, -0.2) is 55.0 Å². The number of nitrogens with one attached hydrogen (secondary N) is 1. The molecular formula is C14H23N3O2. The van der Waals surface area contributed by atoms with Gasteiger partial charge in [0.2, 0.25) is 5.91 Å². The SMILES string of the molecule is CC1CCNC(CN(C)C)C(=O)N1Cc1ccco1. The van der Waals surface area contributed by atoms with Crippen LogP contribution in [0.25, 0.3) is 0 Å². The van der Waals surface area contributed by atoms with Gasteiger partial charge >= 0.3 is 0 Å². The van der Waals surface area contributed by atoms with E-state index in [9.17, 15) is 4.79 Å². The van der Waals surface area contributed by atoms with E-state index in [4.69, 9.17) is 4.42 Å². The average Bonchev–Trinajstić information content (AvgIpc) is 2.82. The lowest BCUT2D eigenvalue weighted by atomic mass is 10.2. The number of likely N-dealkylation sites (N-methyl/N-ethyl adjacent to an activating group) is 1. The molecule has 0 spiro atoms. The molecule has 1 fully saturated rings. The monoisotopic (exact) mass is 265 g/mol. The van der Waals surface area contributed by atoms with E-state index in [0.717, 1.165) is 25.3 Å². The largest absolute Gasteiger partial charge is 0.467 e. The molecule has 0 aromatic carbocycles. The summed E-state index contributed by atoms with van der Waals surface area (Å²) >= 11 is 0. The van der Waals surface area contributed by atoms with Crippen molar-refractivity contribution in [1.82, 2.24) is 15.1 Å². The quantitative estimate of drug-likeness (QED) is 0.879. The Morgan fingerprint density at radius 2 is 2.32 bits per heavy atom. The predicted molar refractivity (Wildman–Crippen MR) is 73.7 cm³/mol. The van der Waals surface area contributed by atoms with Gasteiger partial charge in [0.15, 0.2) is 0 Å². The van der Waals surface area contributed by atoms with Gasteiger partial charge in [-0.1, -0.05) is 0 Å². The minimum atomic E-state index is -0.130. The molecule has 1 amide bonds. The summed E-state index contributed by atoms with van der Waals surface area (Å²) in [4.78, 5) is 16.6. The molecule has 106 valence electrons. The number of hydrogen-bond donors (Lipinski definition) is 1. The van der Waals surface area contributed by atoms with E-state index >= 15 is 0 Å². The number of furan rings is 1. The number of carbonyl (C=O) groups excluding carboxylic acids is 1. The lowest BCUT2D eigenvalue weighted by molar-refractivity contribution is -0.135. The molecule has 1 N–H and O–H groups in total. The second-order valence-corrected chi connectivity index (χ2v) is 5.45. The van der Waals surface area contributed by atoms with Gasteiger partial charge < -0.3 is 19.5 Å². The van der Waals surface area contributed by atoms with Crippen LogP contribution in [0.4, 0.5) is 0 Å². The molecule has 1 saturated heterocycles. The van der Waals surface area contributed by atoms with E-state index in [-0.39, 0.29) is 18.0 Å². The third-order valence-corrected chi connectivity index (χ3v) is 3.52. The standard InChI is InChI=1S/C14H23N3O2/c1-11-6-7-15-13(10-16(2)3)14(18)17(11)9-12-5-4-8-19-12/h4-5,8,11,13,15H,6-7,9-10H2,1-3H3. The summed E-state index contributed by atoms with van der Waals surface area (Å²) in [7, 11) is 3.97. The number of amides is 1. The van der Waals surface area contributed by atoms with Crippen LogP contribution in [0.15, 0.2) is 22.8 Å². The maximum absolute atomic E-state index is 12.6. The fourth-order valence-electron chi connectivity index (χ4n) is 2.44. The second-order valence-electron chi connectivity index (χ2n) is 5.45. The molecule has 1 aromatic heterocycles. The summed E-state index contributed by atoms with van der Waals surface area (Å²) in [5, 5.41) is 3.34. The van der Waals surface area contributed by atoms with Crippen molar-refractivity contribution in [2.24, 2.45) is 0 Å². The number of nitrogens with zero attached hydrogens (tertiary/aromatic N) is 2. The summed E-state index contributed by atoms with van der Waals surface area (Å²) in [6.45, 7) is 4.25. The van der Waals surface area contributed by atoms with Gasteiger partial charge in [0, 0.05) is 12.6 Å². The first-order chi connectivity index (χ1) is 9.08. The lowest BCUT2D eigenvalue weighted by Crippen LogP contribution is -2.49. The molecule has 1 aromatic rings. The van der Waals surface area contributed by atoms with Crippen molar-refractivity contribution in [2.45, 2.75) is 32.0 Å². The van der Waals surface area contributed by atoms with Crippen LogP contribution in [0.1, 0.15) is 19.1 Å². The molecule has 2 unspecified atom stereocenters. The van der Waals surface area contributed by atoms with Gasteiger partial charge in [0.1, 0.15) is 5.76 Å². The summed E-state index contributed by atoms with van der Waals surface area (Å²) in [5.74, 6) is 1.00. The van der Waals surface area contributed by atoms with Gasteiger partial charge in [-0.25, -0.2) is 0 Å². The minimum Gasteiger partial charge on any atom is -0.467 e. The van der Waals surface area contributed by atoms with Gasteiger partial charge in [-0.05, 0) is 46.1 Å². The van der Waals surface area contributed by atoms with Gasteiger partial charge in [-0.15, -0.1) is 0 Å². The van der Waals surface area contributed by atoms with Crippen molar-refractivity contribution in [1.29, 1.82) is 0 Å². The van der Waals surface area contributed by atoms with E-state index in [0.29, 0.717) is 6.54 Å². The molecule has 2 heterocycles. The molecule has 1 aliphatic heterocycles. The van der Waals surface area contributed by atoms with Crippen molar-refractivity contribution in [3.05, 3.63) is 24.2 Å². The van der Waals surface area contributed by atoms with Gasteiger partial charge in [0.25, 0.3) is 0 Å². The van der Waals surface area contributed by atoms with Crippen molar-refractivity contribution in [3.63, 3.8) is 0 Å². The highest BCUT2D eigenvalue weighted by Crippen LogP contribution is 2.15. The fourth-order valence-corrected chi connectivity index (χ4v) is 2.44. The van der Waals surface area contributed by atoms with E-state index in [1.807, 2.05) is 36.0 Å². The molecule has 2 rings (SSSR count). The highest BCUT2D eigenvalue weighted by atomic mass is 16.3. The van der Waals surface area contributed by atoms with Gasteiger partial charge in [0.05, 0.1) is 18.8 Å². The van der Waals surface area contributed by atoms with E-state index in [1.165, 1.54) is 0 Å². The fraction of sp³-hybridized carbons (Fsp3) is 0.643. The van der Waals surface area contributed by atoms with Crippen LogP contribution in [-0.2, 0) is 11.3 Å². The Morgan fingerprint density at radius 3 is 2.95 bits per heavy atom. The molecule has 2 atom stereocenters. The van der Waals surface area contributed by atoms with E-state index in [1.54, 1.807) is 6.26 Å². The number of hydrogen-bond acceptors (Lipinski definition) is 4. The Labute approximate surface area is 114 Å². The first-order valence-corrected chi connectivity index (χ1v) is 6.79. The van der Waals surface area contributed by atoms with Crippen LogP contribution in [0.3, 0.4) is 0 Å². The van der Waals surface area contributed by atoms with Crippen molar-refractivity contribution in [3.8, 4) is 0 Å². The summed E-state index contributed by atoms with van der Waals surface area (Å²) in [6.07, 6.45) is 2.62. The zero-order chi connectivity index (χ0) is 13.8. The summed E-state index contributed by atoms with van der Waals surface area (Å²) in [5.41, 5.74) is 0. The van der Waals surface area contributed by atoms with Crippen molar-refractivity contribution < 1.29 is 9.21 Å². The van der Waals surface area contributed by atoms with Crippen molar-refractivity contribution in [2.75, 3.05) is 27.2 Å². The molecule has 0 saturated carbocycles. The highest BCUT2D eigenvalue weighted by Gasteiger charge is 2.31. The number of rotatable bonds is 4. The predicted octanol–water partition coefficient (Wildman–Crippen LogP) is 0.920. The highest BCUT2D eigenvalue weighted by molar-refractivity contribution is 5.82. The third-order valence-electron chi connectivity index (χ3n) is 3.52. The molecule has 1 aliphatic rings. The average molecular weight is 265 g/mol. The maximum Gasteiger partial charge on any atom is 0.241 e. The third kappa shape index (κ3) is 3.58. The Bertz CT molecular complexity index is 403. The lowest BCUT2D eigenvalue weighted by Gasteiger charge is -2.29. The molecule has 19 heavy (non-hydrogen) atoms. The Balaban J connectivity index is 2.10. The van der Waals surface area contributed by atoms with Gasteiger partial charge in [-0.3, -0.25) is 4.79 Å². The smallest absolute Gasteiger partial charge is 0.241 e. The van der Waals surface area contributed by atoms with Crippen LogP contribution < -0.4 is 5.32 Å². The second kappa shape index (κ2) is 6.21. The van der Waals surface area contributed by atoms with Crippen LogP contribution in [0.5, 0.6) is 0 Å². The Morgan fingerprint density at radius 1 is 1.53 bits per heavy atom. The zero-order valence-electron chi connectivity index (χ0n) is 11.9. The van der Waals surface area contributed by atoms with Crippen LogP contribution in [0.2, 0.25) is 0 Å². The molecule has 5 nitrogen and oxygen atoms in total. The molecule has 0 radical (unpaired) electrons. The first kappa shape index (κ1) is 14.1. The molecule has 0 bridgehead atoms. The Kier molecular flexibility index (Phi) is 4.61. The van der Waals surface area contributed by atoms with E-state index in [2.05, 4.69) is 12.2 Å². The molecule has 0 aliphatic carbocycles. The molecule has 5 heteroatoms. The van der Waals surface area contributed by atoms with Crippen LogP contribution >= 0.6 is 0 Å². The normalized spacial score (nSPS) is 24.8. The van der Waals surface area contributed by atoms with Crippen molar-refractivity contribution >= 4 is 5.91 Å². The van der Waals surface area contributed by atoms with Crippen LogP contribution in [0, 0.1) is 0 Å². The molecular weight excluding hydrogens is 242 g/mol. The minimum absolute atomic E-state index is 0.130.